The number of benzene rings is 2. The number of carbonyl (C=O) groups excluding carboxylic acids is 2. The van der Waals surface area contributed by atoms with Gasteiger partial charge in [-0.2, -0.15) is 0 Å². The summed E-state index contributed by atoms with van der Waals surface area (Å²) in [5.41, 5.74) is 2.09. The van der Waals surface area contributed by atoms with Crippen LogP contribution in [0.3, 0.4) is 0 Å². The molecule has 2 amide bonds. The maximum Gasteiger partial charge on any atom is 0.239 e. The average Bonchev–Trinajstić information content (AvgIpc) is 2.70. The third-order valence-corrected chi connectivity index (χ3v) is 5.05. The van der Waals surface area contributed by atoms with Crippen molar-refractivity contribution in [3.05, 3.63) is 48.0 Å². The van der Waals surface area contributed by atoms with Gasteiger partial charge < -0.3 is 20.3 Å². The zero-order chi connectivity index (χ0) is 21.6. The summed E-state index contributed by atoms with van der Waals surface area (Å²) in [7, 11) is 1.56. The summed E-state index contributed by atoms with van der Waals surface area (Å²) >= 11 is 0. The monoisotopic (exact) mass is 397 g/mol. The largest absolute Gasteiger partial charge is 0.497 e. The van der Waals surface area contributed by atoms with Gasteiger partial charge in [-0.3, -0.25) is 9.59 Å². The van der Waals surface area contributed by atoms with E-state index in [1.807, 2.05) is 25.1 Å². The molecule has 0 unspecified atom stereocenters. The Morgan fingerprint density at radius 3 is 2.24 bits per heavy atom. The van der Waals surface area contributed by atoms with Crippen LogP contribution >= 0.6 is 0 Å². The molecule has 0 fully saturated rings. The van der Waals surface area contributed by atoms with Crippen molar-refractivity contribution in [2.45, 2.75) is 34.6 Å². The van der Waals surface area contributed by atoms with Crippen LogP contribution in [0.2, 0.25) is 0 Å². The molecule has 6 heteroatoms. The molecule has 0 radical (unpaired) electrons. The van der Waals surface area contributed by atoms with E-state index in [1.165, 1.54) is 0 Å². The van der Waals surface area contributed by atoms with Crippen LogP contribution in [0.4, 0.5) is 17.1 Å². The minimum Gasteiger partial charge on any atom is -0.497 e. The molecule has 0 heterocycles. The number of aryl methyl sites for hydroxylation is 1. The normalized spacial score (nSPS) is 11.0. The van der Waals surface area contributed by atoms with E-state index in [-0.39, 0.29) is 11.8 Å². The summed E-state index contributed by atoms with van der Waals surface area (Å²) in [5.74, 6) is -0.119. The van der Waals surface area contributed by atoms with Gasteiger partial charge in [0.05, 0.1) is 7.11 Å². The number of anilines is 3. The second kappa shape index (κ2) is 9.45. The molecule has 2 aromatic carbocycles. The van der Waals surface area contributed by atoms with Crippen molar-refractivity contribution in [3.63, 3.8) is 0 Å². The highest BCUT2D eigenvalue weighted by Gasteiger charge is 2.36. The maximum atomic E-state index is 12.9. The lowest BCUT2D eigenvalue weighted by Gasteiger charge is -2.25. The molecule has 2 N–H and O–H groups in total. The second-order valence-corrected chi connectivity index (χ2v) is 7.44. The molecule has 0 bridgehead atoms. The lowest BCUT2D eigenvalue weighted by atomic mass is 9.90. The number of rotatable bonds is 8. The molecule has 0 spiro atoms. The summed E-state index contributed by atoms with van der Waals surface area (Å²) in [6.07, 6.45) is 0. The number of hydrogen-bond acceptors (Lipinski definition) is 4. The highest BCUT2D eigenvalue weighted by molar-refractivity contribution is 6.14. The predicted molar refractivity (Wildman–Crippen MR) is 119 cm³/mol. The van der Waals surface area contributed by atoms with E-state index in [4.69, 9.17) is 4.74 Å². The van der Waals surface area contributed by atoms with Gasteiger partial charge in [0.25, 0.3) is 0 Å². The van der Waals surface area contributed by atoms with Gasteiger partial charge in [-0.05, 0) is 70.5 Å². The number of hydrogen-bond donors (Lipinski definition) is 2. The molecule has 0 atom stereocenters. The fourth-order valence-corrected chi connectivity index (χ4v) is 2.94. The van der Waals surface area contributed by atoms with E-state index in [1.54, 1.807) is 45.2 Å². The number of nitrogens with one attached hydrogen (secondary N) is 2. The average molecular weight is 398 g/mol. The number of ether oxygens (including phenoxy) is 1. The Morgan fingerprint density at radius 2 is 1.66 bits per heavy atom. The van der Waals surface area contributed by atoms with Gasteiger partial charge in [0.2, 0.25) is 11.8 Å². The topological polar surface area (TPSA) is 70.7 Å². The second-order valence-electron chi connectivity index (χ2n) is 7.44. The summed E-state index contributed by atoms with van der Waals surface area (Å²) in [6.45, 7) is 11.2. The molecule has 156 valence electrons. The van der Waals surface area contributed by atoms with Gasteiger partial charge in [0, 0.05) is 36.2 Å². The lowest BCUT2D eigenvalue weighted by molar-refractivity contribution is -0.135. The van der Waals surface area contributed by atoms with E-state index in [2.05, 4.69) is 29.4 Å². The summed E-state index contributed by atoms with van der Waals surface area (Å²) in [4.78, 5) is 27.9. The molecule has 0 aromatic heterocycles. The third kappa shape index (κ3) is 5.28. The van der Waals surface area contributed by atoms with E-state index in [9.17, 15) is 9.59 Å². The SMILES string of the molecule is CCN(CC)c1ccc(NC(=O)C(C)(C)C(=O)Nc2cccc(OC)c2)c(C)c1. The van der Waals surface area contributed by atoms with Gasteiger partial charge in [0.15, 0.2) is 0 Å². The first-order chi connectivity index (χ1) is 13.7. The number of methoxy groups -OCH3 is 1. The number of amides is 2. The van der Waals surface area contributed by atoms with Gasteiger partial charge in [-0.1, -0.05) is 6.07 Å². The molecule has 6 nitrogen and oxygen atoms in total. The quantitative estimate of drug-likeness (QED) is 0.646. The maximum absolute atomic E-state index is 12.9. The molecule has 0 saturated carbocycles. The van der Waals surface area contributed by atoms with E-state index in [0.717, 1.165) is 24.3 Å². The Hall–Kier alpha value is -3.02. The van der Waals surface area contributed by atoms with Crippen molar-refractivity contribution in [1.82, 2.24) is 0 Å². The standard InChI is InChI=1S/C23H31N3O3/c1-7-26(8-2)18-12-13-20(16(3)14-18)25-22(28)23(4,5)21(27)24-17-10-9-11-19(15-17)29-6/h9-15H,7-8H2,1-6H3,(H,24,27)(H,25,28). The van der Waals surface area contributed by atoms with E-state index in [0.29, 0.717) is 17.1 Å². The molecule has 2 aromatic rings. The number of nitrogens with zero attached hydrogens (tertiary/aromatic N) is 1. The minimum absolute atomic E-state index is 0.364. The van der Waals surface area contributed by atoms with Crippen molar-refractivity contribution in [3.8, 4) is 5.75 Å². The Labute approximate surface area is 173 Å². The first-order valence-corrected chi connectivity index (χ1v) is 9.85. The van der Waals surface area contributed by atoms with Crippen LogP contribution in [0.5, 0.6) is 5.75 Å². The van der Waals surface area contributed by atoms with Crippen LogP contribution < -0.4 is 20.3 Å². The third-order valence-electron chi connectivity index (χ3n) is 5.05. The molecule has 2 rings (SSSR count). The highest BCUT2D eigenvalue weighted by Crippen LogP contribution is 2.26. The van der Waals surface area contributed by atoms with Crippen LogP contribution in [0, 0.1) is 12.3 Å². The molecule has 0 aliphatic rings. The highest BCUT2D eigenvalue weighted by atomic mass is 16.5. The van der Waals surface area contributed by atoms with Gasteiger partial charge >= 0.3 is 0 Å². The molecule has 29 heavy (non-hydrogen) atoms. The first-order valence-electron chi connectivity index (χ1n) is 9.85. The van der Waals surface area contributed by atoms with Crippen LogP contribution in [0.25, 0.3) is 0 Å². The van der Waals surface area contributed by atoms with E-state index < -0.39 is 5.41 Å². The van der Waals surface area contributed by atoms with Crippen LogP contribution in [-0.4, -0.2) is 32.0 Å². The van der Waals surface area contributed by atoms with Crippen LogP contribution in [0.15, 0.2) is 42.5 Å². The fraction of sp³-hybridized carbons (Fsp3) is 0.391. The Kier molecular flexibility index (Phi) is 7.26. The van der Waals surface area contributed by atoms with Crippen LogP contribution in [0.1, 0.15) is 33.3 Å². The summed E-state index contributed by atoms with van der Waals surface area (Å²) in [5, 5.41) is 5.69. The Bertz CT molecular complexity index is 873. The van der Waals surface area contributed by atoms with Gasteiger partial charge in [-0.25, -0.2) is 0 Å². The lowest BCUT2D eigenvalue weighted by Crippen LogP contribution is -2.41. The first kappa shape index (κ1) is 22.3. The van der Waals surface area contributed by atoms with Crippen molar-refractivity contribution in [1.29, 1.82) is 0 Å². The van der Waals surface area contributed by atoms with Crippen molar-refractivity contribution < 1.29 is 14.3 Å². The Balaban J connectivity index is 2.12. The molecular formula is C23H31N3O3. The van der Waals surface area contributed by atoms with Crippen molar-refractivity contribution in [2.75, 3.05) is 35.7 Å². The summed E-state index contributed by atoms with van der Waals surface area (Å²) < 4.78 is 5.17. The van der Waals surface area contributed by atoms with Crippen molar-refractivity contribution >= 4 is 28.9 Å². The van der Waals surface area contributed by atoms with Crippen LogP contribution in [-0.2, 0) is 9.59 Å². The summed E-state index contributed by atoms with van der Waals surface area (Å²) in [6, 6.07) is 13.0. The zero-order valence-electron chi connectivity index (χ0n) is 18.1. The smallest absolute Gasteiger partial charge is 0.239 e. The fourth-order valence-electron chi connectivity index (χ4n) is 2.94. The minimum atomic E-state index is -1.26. The van der Waals surface area contributed by atoms with Gasteiger partial charge in [-0.15, -0.1) is 0 Å². The zero-order valence-corrected chi connectivity index (χ0v) is 18.1. The predicted octanol–water partition coefficient (Wildman–Crippen LogP) is 4.45. The van der Waals surface area contributed by atoms with Crippen molar-refractivity contribution in [2.24, 2.45) is 5.41 Å². The molecule has 0 aliphatic heterocycles. The van der Waals surface area contributed by atoms with Gasteiger partial charge in [0.1, 0.15) is 11.2 Å². The molecule has 0 aliphatic carbocycles. The molecule has 0 saturated heterocycles. The molecular weight excluding hydrogens is 366 g/mol. The Morgan fingerprint density at radius 1 is 1.00 bits per heavy atom. The number of carbonyl (C=O) groups is 2. The van der Waals surface area contributed by atoms with E-state index >= 15 is 0 Å².